The van der Waals surface area contributed by atoms with Crippen LogP contribution in [0.4, 0.5) is 0 Å². The van der Waals surface area contributed by atoms with Gasteiger partial charge in [0.2, 0.25) is 0 Å². The lowest BCUT2D eigenvalue weighted by Gasteiger charge is -2.08. The molecule has 0 spiro atoms. The van der Waals surface area contributed by atoms with E-state index in [0.717, 1.165) is 21.4 Å². The lowest BCUT2D eigenvalue weighted by atomic mass is 10.2. The summed E-state index contributed by atoms with van der Waals surface area (Å²) >= 11 is 1.25. The Morgan fingerprint density at radius 1 is 1.07 bits per heavy atom. The third-order valence-electron chi connectivity index (χ3n) is 4.08. The lowest BCUT2D eigenvalue weighted by Crippen LogP contribution is -2.22. The summed E-state index contributed by atoms with van der Waals surface area (Å²) in [7, 11) is 1.24. The fraction of sp³-hybridized carbons (Fsp3) is 0.0500. The molecular weight excluding hydrogens is 362 g/mol. The number of carbonyl (C=O) groups excluding carboxylic acids is 1. The van der Waals surface area contributed by atoms with Gasteiger partial charge in [-0.25, -0.2) is 9.78 Å². The molecule has 4 rings (SSSR count). The standard InChI is InChI=1S/C20H15N3O3S/c1-26-20(25)16-18(24)22-17(12-7-3-2-4-8-12)23-19(16)27-15-11-21-14-10-6-5-9-13(14)15/h2-11,21H,1H3,(H,22,23,24). The fourth-order valence-corrected chi connectivity index (χ4v) is 3.80. The smallest absolute Gasteiger partial charge is 0.346 e. The van der Waals surface area contributed by atoms with E-state index in [1.54, 1.807) is 0 Å². The minimum absolute atomic E-state index is 0.104. The van der Waals surface area contributed by atoms with Crippen molar-refractivity contribution in [2.75, 3.05) is 7.11 Å². The number of ether oxygens (including phenoxy) is 1. The molecule has 0 fully saturated rings. The average Bonchev–Trinajstić information content (AvgIpc) is 3.11. The number of methoxy groups -OCH3 is 1. The van der Waals surface area contributed by atoms with Crippen LogP contribution < -0.4 is 5.56 Å². The summed E-state index contributed by atoms with van der Waals surface area (Å²) in [5, 5.41) is 1.29. The van der Waals surface area contributed by atoms with Gasteiger partial charge in [-0.05, 0) is 6.07 Å². The van der Waals surface area contributed by atoms with Crippen LogP contribution in [0, 0.1) is 0 Å². The van der Waals surface area contributed by atoms with Crippen LogP contribution in [0.2, 0.25) is 0 Å². The zero-order chi connectivity index (χ0) is 18.8. The van der Waals surface area contributed by atoms with E-state index in [1.807, 2.05) is 60.8 Å². The van der Waals surface area contributed by atoms with Gasteiger partial charge in [-0.3, -0.25) is 4.79 Å². The number of carbonyl (C=O) groups is 1. The number of esters is 1. The number of hydrogen-bond donors (Lipinski definition) is 2. The Morgan fingerprint density at radius 2 is 1.81 bits per heavy atom. The van der Waals surface area contributed by atoms with E-state index in [-0.39, 0.29) is 5.56 Å². The van der Waals surface area contributed by atoms with Crippen LogP contribution in [0.15, 0.2) is 75.5 Å². The molecule has 2 aromatic carbocycles. The van der Waals surface area contributed by atoms with E-state index in [0.29, 0.717) is 10.9 Å². The van der Waals surface area contributed by atoms with Gasteiger partial charge >= 0.3 is 5.97 Å². The van der Waals surface area contributed by atoms with Gasteiger partial charge in [0.05, 0.1) is 7.11 Å². The number of hydrogen-bond acceptors (Lipinski definition) is 5. The number of rotatable bonds is 4. The van der Waals surface area contributed by atoms with Crippen molar-refractivity contribution in [1.29, 1.82) is 0 Å². The number of aromatic amines is 2. The minimum atomic E-state index is -0.717. The van der Waals surface area contributed by atoms with Gasteiger partial charge in [0.25, 0.3) is 5.56 Å². The van der Waals surface area contributed by atoms with E-state index < -0.39 is 11.5 Å². The molecule has 2 aromatic heterocycles. The number of aromatic nitrogens is 3. The molecule has 2 heterocycles. The van der Waals surface area contributed by atoms with E-state index in [2.05, 4.69) is 15.0 Å². The Labute approximate surface area is 158 Å². The maximum Gasteiger partial charge on any atom is 0.346 e. The normalized spacial score (nSPS) is 10.9. The summed E-state index contributed by atoms with van der Waals surface area (Å²) in [5.41, 5.74) is 1.09. The second kappa shape index (κ2) is 7.13. The summed E-state index contributed by atoms with van der Waals surface area (Å²) in [4.78, 5) is 36.1. The molecule has 0 aliphatic heterocycles. The summed E-state index contributed by atoms with van der Waals surface area (Å²) in [6, 6.07) is 17.1. The Hall–Kier alpha value is -3.32. The number of H-pyrrole nitrogens is 2. The maximum absolute atomic E-state index is 12.6. The van der Waals surface area contributed by atoms with Gasteiger partial charge in [0.15, 0.2) is 5.56 Å². The van der Waals surface area contributed by atoms with Crippen LogP contribution in [-0.4, -0.2) is 28.0 Å². The second-order valence-corrected chi connectivity index (χ2v) is 6.78. The quantitative estimate of drug-likeness (QED) is 0.417. The molecule has 0 bridgehead atoms. The van der Waals surface area contributed by atoms with Gasteiger partial charge < -0.3 is 14.7 Å². The number of fused-ring (bicyclic) bond motifs is 1. The molecule has 27 heavy (non-hydrogen) atoms. The summed E-state index contributed by atoms with van der Waals surface area (Å²) in [5.74, 6) is -0.318. The highest BCUT2D eigenvalue weighted by Gasteiger charge is 2.22. The summed E-state index contributed by atoms with van der Waals surface area (Å²) in [6.07, 6.45) is 1.83. The first-order valence-corrected chi connectivity index (χ1v) is 9.01. The second-order valence-electron chi connectivity index (χ2n) is 5.75. The van der Waals surface area contributed by atoms with Crippen molar-refractivity contribution in [3.63, 3.8) is 0 Å². The van der Waals surface area contributed by atoms with Crippen molar-refractivity contribution in [2.24, 2.45) is 0 Å². The van der Waals surface area contributed by atoms with Crippen LogP contribution >= 0.6 is 11.8 Å². The number of nitrogens with one attached hydrogen (secondary N) is 2. The Kier molecular flexibility index (Phi) is 4.52. The molecular formula is C20H15N3O3S. The van der Waals surface area contributed by atoms with Gasteiger partial charge in [-0.15, -0.1) is 0 Å². The monoisotopic (exact) mass is 377 g/mol. The number of para-hydroxylation sites is 1. The van der Waals surface area contributed by atoms with Gasteiger partial charge in [0.1, 0.15) is 10.9 Å². The molecule has 0 saturated heterocycles. The largest absolute Gasteiger partial charge is 0.465 e. The van der Waals surface area contributed by atoms with Crippen molar-refractivity contribution >= 4 is 28.6 Å². The van der Waals surface area contributed by atoms with Crippen LogP contribution in [0.3, 0.4) is 0 Å². The maximum atomic E-state index is 12.6. The van der Waals surface area contributed by atoms with Crippen molar-refractivity contribution in [2.45, 2.75) is 9.92 Å². The van der Waals surface area contributed by atoms with Crippen molar-refractivity contribution in [3.05, 3.63) is 76.7 Å². The van der Waals surface area contributed by atoms with Crippen LogP contribution in [0.25, 0.3) is 22.3 Å². The third-order valence-corrected chi connectivity index (χ3v) is 5.13. The molecule has 0 atom stereocenters. The average molecular weight is 377 g/mol. The molecule has 6 nitrogen and oxygen atoms in total. The van der Waals surface area contributed by atoms with Gasteiger partial charge in [0, 0.05) is 27.6 Å². The van der Waals surface area contributed by atoms with Crippen molar-refractivity contribution in [1.82, 2.24) is 15.0 Å². The highest BCUT2D eigenvalue weighted by molar-refractivity contribution is 7.99. The zero-order valence-corrected chi connectivity index (χ0v) is 15.2. The summed E-state index contributed by atoms with van der Waals surface area (Å²) in [6.45, 7) is 0. The molecule has 2 N–H and O–H groups in total. The highest BCUT2D eigenvalue weighted by Crippen LogP contribution is 2.34. The van der Waals surface area contributed by atoms with E-state index in [1.165, 1.54) is 18.9 Å². The topological polar surface area (TPSA) is 87.8 Å². The van der Waals surface area contributed by atoms with Crippen LogP contribution in [0.5, 0.6) is 0 Å². The Balaban J connectivity index is 1.87. The Morgan fingerprint density at radius 3 is 2.59 bits per heavy atom. The fourth-order valence-electron chi connectivity index (χ4n) is 2.77. The minimum Gasteiger partial charge on any atom is -0.465 e. The first-order valence-electron chi connectivity index (χ1n) is 8.19. The van der Waals surface area contributed by atoms with Gasteiger partial charge in [-0.1, -0.05) is 60.3 Å². The Bertz CT molecular complexity index is 1180. The molecule has 0 radical (unpaired) electrons. The third kappa shape index (κ3) is 3.24. The SMILES string of the molecule is COC(=O)c1c(Sc2c[nH]c3ccccc23)nc(-c2ccccc2)[nH]c1=O. The predicted octanol–water partition coefficient (Wildman–Crippen LogP) is 3.86. The highest BCUT2D eigenvalue weighted by atomic mass is 32.2. The van der Waals surface area contributed by atoms with E-state index in [9.17, 15) is 9.59 Å². The van der Waals surface area contributed by atoms with Crippen molar-refractivity contribution in [3.8, 4) is 11.4 Å². The molecule has 0 saturated carbocycles. The molecule has 0 amide bonds. The van der Waals surface area contributed by atoms with Crippen molar-refractivity contribution < 1.29 is 9.53 Å². The molecule has 0 aliphatic rings. The van der Waals surface area contributed by atoms with E-state index in [4.69, 9.17) is 4.74 Å². The molecule has 7 heteroatoms. The van der Waals surface area contributed by atoms with Crippen LogP contribution in [-0.2, 0) is 4.74 Å². The zero-order valence-electron chi connectivity index (χ0n) is 14.4. The molecule has 134 valence electrons. The molecule has 0 aliphatic carbocycles. The lowest BCUT2D eigenvalue weighted by molar-refractivity contribution is 0.0593. The van der Waals surface area contributed by atoms with Gasteiger partial charge in [-0.2, -0.15) is 0 Å². The first-order chi connectivity index (χ1) is 13.2. The number of benzene rings is 2. The number of nitrogens with zero attached hydrogens (tertiary/aromatic N) is 1. The van der Waals surface area contributed by atoms with E-state index >= 15 is 0 Å². The molecule has 0 unspecified atom stereocenters. The summed E-state index contributed by atoms with van der Waals surface area (Å²) < 4.78 is 4.79. The predicted molar refractivity (Wildman–Crippen MR) is 104 cm³/mol. The van der Waals surface area contributed by atoms with Crippen LogP contribution in [0.1, 0.15) is 10.4 Å². The molecule has 4 aromatic rings. The first kappa shape index (κ1) is 17.1.